The minimum atomic E-state index is -2.97. The van der Waals surface area contributed by atoms with Crippen molar-refractivity contribution in [2.45, 2.75) is 128 Å². The van der Waals surface area contributed by atoms with E-state index in [2.05, 4.69) is 288 Å². The normalized spacial score (nSPS) is 14.0. The number of rotatable bonds is 21. The molecular weight excluding hydrogens is 932 g/mol. The van der Waals surface area contributed by atoms with Crippen molar-refractivity contribution >= 4 is 68.9 Å². The predicted molar refractivity (Wildman–Crippen MR) is 317 cm³/mol. The van der Waals surface area contributed by atoms with Crippen LogP contribution in [0.5, 0.6) is 0 Å². The quantitative estimate of drug-likeness (QED) is 0.0530. The number of benzene rings is 7. The Kier molecular flexibility index (Phi) is 17.7. The van der Waals surface area contributed by atoms with Gasteiger partial charge in [-0.05, 0) is 105 Å². The first-order valence-electron chi connectivity index (χ1n) is 26.1. The summed E-state index contributed by atoms with van der Waals surface area (Å²) in [6.45, 7) is 26.7. The van der Waals surface area contributed by atoms with Gasteiger partial charge in [-0.15, -0.1) is 0 Å². The molecule has 0 spiro atoms. The molecule has 0 N–H and O–H groups in total. The van der Waals surface area contributed by atoms with E-state index >= 15 is 0 Å². The van der Waals surface area contributed by atoms with Gasteiger partial charge in [-0.25, -0.2) is 0 Å². The van der Waals surface area contributed by atoms with Crippen molar-refractivity contribution in [1.82, 2.24) is 0 Å². The van der Waals surface area contributed by atoms with E-state index in [1.165, 1.54) is 36.7 Å². The third-order valence-corrected chi connectivity index (χ3v) is 34.5. The van der Waals surface area contributed by atoms with Gasteiger partial charge in [0.25, 0.3) is 16.6 Å². The fraction of sp³-hybridized carbons (Fsp3) is 0.344. The van der Waals surface area contributed by atoms with Crippen LogP contribution in [-0.4, -0.2) is 49.9 Å². The summed E-state index contributed by atoms with van der Waals surface area (Å²) in [5.74, 6) is 0. The van der Waals surface area contributed by atoms with E-state index in [1.54, 1.807) is 0 Å². The van der Waals surface area contributed by atoms with E-state index in [9.17, 15) is 0 Å². The van der Waals surface area contributed by atoms with E-state index in [4.69, 9.17) is 13.3 Å². The van der Waals surface area contributed by atoms with Crippen LogP contribution in [0.25, 0.3) is 0 Å². The van der Waals surface area contributed by atoms with Crippen LogP contribution < -0.4 is 36.7 Å². The maximum absolute atomic E-state index is 8.31. The van der Waals surface area contributed by atoms with Crippen LogP contribution in [0.15, 0.2) is 212 Å². The molecule has 7 aromatic rings. The Labute approximate surface area is 433 Å². The molecule has 0 saturated carbocycles. The van der Waals surface area contributed by atoms with E-state index < -0.39 is 32.2 Å². The highest BCUT2D eigenvalue weighted by molar-refractivity contribution is 7.95. The van der Waals surface area contributed by atoms with E-state index in [-0.39, 0.29) is 27.3 Å². The zero-order valence-electron chi connectivity index (χ0n) is 44.8. The molecule has 0 fully saturated rings. The lowest BCUT2D eigenvalue weighted by Gasteiger charge is -2.46. The topological polar surface area (TPSA) is 27.7 Å². The summed E-state index contributed by atoms with van der Waals surface area (Å²) in [7, 11) is -10.2. The van der Waals surface area contributed by atoms with Gasteiger partial charge >= 0.3 is 0 Å². The molecule has 2 atom stereocenters. The second kappa shape index (κ2) is 23.1. The van der Waals surface area contributed by atoms with Gasteiger partial charge in [0.1, 0.15) is 23.2 Å². The zero-order valence-corrected chi connectivity index (χ0v) is 48.7. The summed E-state index contributed by atoms with van der Waals surface area (Å²) in [5.41, 5.74) is 0. The molecular formula is C64H82O3PSi3+. The molecule has 7 heteroatoms. The highest BCUT2D eigenvalue weighted by Gasteiger charge is 2.54. The monoisotopic (exact) mass is 1010 g/mol. The average molecular weight is 1010 g/mol. The van der Waals surface area contributed by atoms with Crippen molar-refractivity contribution in [3.8, 4) is 0 Å². The first-order chi connectivity index (χ1) is 33.8. The smallest absolute Gasteiger partial charge is 0.261 e. The summed E-state index contributed by atoms with van der Waals surface area (Å²) in [6.07, 6.45) is 4.38. The van der Waals surface area contributed by atoms with Gasteiger partial charge in [0.05, 0.1) is 18.9 Å². The van der Waals surface area contributed by atoms with Gasteiger partial charge in [0.15, 0.2) is 8.32 Å². The summed E-state index contributed by atoms with van der Waals surface area (Å²) in [4.78, 5) is 0. The second-order valence-electron chi connectivity index (χ2n) is 23.1. The Balaban J connectivity index is 1.35. The van der Waals surface area contributed by atoms with Crippen molar-refractivity contribution in [1.29, 1.82) is 0 Å². The van der Waals surface area contributed by atoms with Crippen molar-refractivity contribution in [3.63, 3.8) is 0 Å². The van der Waals surface area contributed by atoms with Crippen LogP contribution in [0.3, 0.4) is 0 Å². The maximum Gasteiger partial charge on any atom is 0.261 e. The van der Waals surface area contributed by atoms with E-state index in [1.807, 2.05) is 0 Å². The van der Waals surface area contributed by atoms with Crippen LogP contribution in [0.1, 0.15) is 88.0 Å². The van der Waals surface area contributed by atoms with E-state index in [0.29, 0.717) is 6.61 Å². The van der Waals surface area contributed by atoms with Crippen molar-refractivity contribution < 1.29 is 13.3 Å². The van der Waals surface area contributed by atoms with Gasteiger partial charge < -0.3 is 13.3 Å². The lowest BCUT2D eigenvalue weighted by Crippen LogP contribution is -2.68. The van der Waals surface area contributed by atoms with Crippen LogP contribution >= 0.6 is 7.26 Å². The summed E-state index contributed by atoms with van der Waals surface area (Å²) in [5, 5.41) is 9.16. The first kappa shape index (κ1) is 54.3. The Bertz CT molecular complexity index is 2470. The maximum atomic E-state index is 8.31. The third kappa shape index (κ3) is 12.0. The average Bonchev–Trinajstić information content (AvgIpc) is 3.37. The molecule has 7 rings (SSSR count). The summed E-state index contributed by atoms with van der Waals surface area (Å²) >= 11 is 0. The first-order valence-corrected chi connectivity index (χ1v) is 34.8. The van der Waals surface area contributed by atoms with Gasteiger partial charge in [0.2, 0.25) is 0 Å². The minimum absolute atomic E-state index is 0.0494. The molecule has 7 aromatic carbocycles. The fourth-order valence-corrected chi connectivity index (χ4v) is 25.5. The van der Waals surface area contributed by atoms with Gasteiger partial charge in [-0.3, -0.25) is 0 Å². The van der Waals surface area contributed by atoms with Crippen molar-refractivity contribution in [2.75, 3.05) is 12.8 Å². The lowest BCUT2D eigenvalue weighted by molar-refractivity contribution is 0.0958. The standard InChI is InChI=1S/C64H82O3PSi3/c1-62(2,3)69(10,11)65-52-54(67-71(64(7,8)9,60-46-29-17-30-47-60)61-48-31-18-32-49-61)35-33-34-53(66-70(63(4,5)6,58-42-25-15-26-43-58)59-44-27-16-28-45-59)50-51-68(55-36-19-12-20-37-55,56-38-21-13-22-39-56)57-40-23-14-24-41-57/h12-32,36-49,53-54H,33-35,50-52H2,1-11H3/q+1/t53-,54+/m0/s1. The van der Waals surface area contributed by atoms with Crippen LogP contribution in [-0.2, 0) is 13.3 Å². The van der Waals surface area contributed by atoms with Crippen LogP contribution in [0, 0.1) is 0 Å². The molecule has 0 bridgehead atoms. The molecule has 0 saturated heterocycles. The molecule has 372 valence electrons. The molecule has 3 nitrogen and oxygen atoms in total. The molecule has 0 radical (unpaired) electrons. The predicted octanol–water partition coefficient (Wildman–Crippen LogP) is 13.5. The van der Waals surface area contributed by atoms with Gasteiger partial charge in [-0.2, -0.15) is 0 Å². The SMILES string of the molecule is CC(C)(C)[Si](C)(C)OC[C@@H](CCC[C@@H](CC[P+](c1ccccc1)(c1ccccc1)c1ccccc1)O[Si](c1ccccc1)(c1ccccc1)C(C)(C)C)O[Si](c1ccccc1)(c1ccccc1)C(C)(C)C. The molecule has 0 aliphatic rings. The largest absolute Gasteiger partial charge is 0.414 e. The third-order valence-electron chi connectivity index (χ3n) is 15.4. The highest BCUT2D eigenvalue weighted by atomic mass is 31.2. The van der Waals surface area contributed by atoms with E-state index in [0.717, 1.165) is 31.8 Å². The number of hydrogen-bond acceptors (Lipinski definition) is 3. The molecule has 0 unspecified atom stereocenters. The van der Waals surface area contributed by atoms with Gasteiger partial charge in [-0.1, -0.05) is 238 Å². The summed E-state index contributed by atoms with van der Waals surface area (Å²) < 4.78 is 23.6. The Morgan fingerprint density at radius 2 is 0.648 bits per heavy atom. The molecule has 0 heterocycles. The summed E-state index contributed by atoms with van der Waals surface area (Å²) in [6, 6.07) is 78.8. The second-order valence-corrected chi connectivity index (χ2v) is 40.1. The molecule has 71 heavy (non-hydrogen) atoms. The molecule has 0 aliphatic carbocycles. The zero-order chi connectivity index (χ0) is 50.8. The molecule has 0 aromatic heterocycles. The van der Waals surface area contributed by atoms with Crippen molar-refractivity contribution in [2.24, 2.45) is 0 Å². The Morgan fingerprint density at radius 3 is 0.944 bits per heavy atom. The van der Waals surface area contributed by atoms with Crippen molar-refractivity contribution in [3.05, 3.63) is 212 Å². The fourth-order valence-electron chi connectivity index (χ4n) is 10.6. The Hall–Kier alpha value is -4.50. The molecule has 0 aliphatic heterocycles. The number of hydrogen-bond donors (Lipinski definition) is 0. The molecule has 0 amide bonds. The minimum Gasteiger partial charge on any atom is -0.414 e. The van der Waals surface area contributed by atoms with Gasteiger partial charge in [0, 0.05) is 12.5 Å². The lowest BCUT2D eigenvalue weighted by atomic mass is 10.1. The van der Waals surface area contributed by atoms with Crippen LogP contribution in [0.4, 0.5) is 0 Å². The highest BCUT2D eigenvalue weighted by Crippen LogP contribution is 2.56. The Morgan fingerprint density at radius 1 is 0.366 bits per heavy atom. The van der Waals surface area contributed by atoms with Crippen LogP contribution in [0.2, 0.25) is 28.2 Å².